The standard InChI is InChI=1S/C19H28N2O3/c1-3-16(4-2)20-19(23)15-10-12-21(13-11-15)18(22)14-24-17-8-6-5-7-9-17/h5-9,15-16H,3-4,10-14H2,1-2H3,(H,20,23). The van der Waals surface area contributed by atoms with E-state index in [1.54, 1.807) is 4.90 Å². The predicted octanol–water partition coefficient (Wildman–Crippen LogP) is 2.61. The Labute approximate surface area is 144 Å². The number of hydrogen-bond acceptors (Lipinski definition) is 3. The fourth-order valence-electron chi connectivity index (χ4n) is 2.96. The second kappa shape index (κ2) is 9.30. The van der Waals surface area contributed by atoms with Crippen LogP contribution in [0.15, 0.2) is 30.3 Å². The molecule has 1 N–H and O–H groups in total. The van der Waals surface area contributed by atoms with Crippen molar-refractivity contribution in [3.63, 3.8) is 0 Å². The van der Waals surface area contributed by atoms with Crippen LogP contribution in [0.1, 0.15) is 39.5 Å². The summed E-state index contributed by atoms with van der Waals surface area (Å²) in [6.07, 6.45) is 3.36. The summed E-state index contributed by atoms with van der Waals surface area (Å²) in [5, 5.41) is 3.11. The summed E-state index contributed by atoms with van der Waals surface area (Å²) in [5.41, 5.74) is 0. The Hall–Kier alpha value is -2.04. The Balaban J connectivity index is 1.73. The molecule has 0 unspecified atom stereocenters. The lowest BCUT2D eigenvalue weighted by Crippen LogP contribution is -2.46. The molecule has 0 bridgehead atoms. The molecular weight excluding hydrogens is 304 g/mol. The van der Waals surface area contributed by atoms with E-state index < -0.39 is 0 Å². The highest BCUT2D eigenvalue weighted by Gasteiger charge is 2.28. The van der Waals surface area contributed by atoms with Gasteiger partial charge in [-0.3, -0.25) is 9.59 Å². The number of carbonyl (C=O) groups excluding carboxylic acids is 2. The van der Waals surface area contributed by atoms with Gasteiger partial charge < -0.3 is 15.0 Å². The van der Waals surface area contributed by atoms with E-state index in [4.69, 9.17) is 4.74 Å². The van der Waals surface area contributed by atoms with Gasteiger partial charge in [0.25, 0.3) is 5.91 Å². The molecule has 1 aromatic carbocycles. The van der Waals surface area contributed by atoms with Crippen LogP contribution >= 0.6 is 0 Å². The highest BCUT2D eigenvalue weighted by molar-refractivity contribution is 5.80. The van der Waals surface area contributed by atoms with Crippen molar-refractivity contribution in [1.82, 2.24) is 10.2 Å². The minimum absolute atomic E-state index is 0.0160. The lowest BCUT2D eigenvalue weighted by Gasteiger charge is -2.32. The number of nitrogens with one attached hydrogen (secondary N) is 1. The highest BCUT2D eigenvalue weighted by Crippen LogP contribution is 2.18. The fraction of sp³-hybridized carbons (Fsp3) is 0.579. The third kappa shape index (κ3) is 5.25. The van der Waals surface area contributed by atoms with Crippen molar-refractivity contribution >= 4 is 11.8 Å². The summed E-state index contributed by atoms with van der Waals surface area (Å²) in [7, 11) is 0. The maximum Gasteiger partial charge on any atom is 0.260 e. The van der Waals surface area contributed by atoms with Crippen molar-refractivity contribution in [3.8, 4) is 5.75 Å². The molecule has 1 aromatic rings. The van der Waals surface area contributed by atoms with Crippen LogP contribution in [0.25, 0.3) is 0 Å². The molecule has 0 aliphatic carbocycles. The summed E-state index contributed by atoms with van der Waals surface area (Å²) in [4.78, 5) is 26.3. The van der Waals surface area contributed by atoms with E-state index in [2.05, 4.69) is 19.2 Å². The van der Waals surface area contributed by atoms with Crippen molar-refractivity contribution in [1.29, 1.82) is 0 Å². The van der Waals surface area contributed by atoms with E-state index in [0.29, 0.717) is 18.8 Å². The van der Waals surface area contributed by atoms with Gasteiger partial charge in [0.1, 0.15) is 5.75 Å². The van der Waals surface area contributed by atoms with Crippen LogP contribution in [0.4, 0.5) is 0 Å². The van der Waals surface area contributed by atoms with Crippen molar-refractivity contribution in [3.05, 3.63) is 30.3 Å². The average molecular weight is 332 g/mol. The molecule has 0 saturated carbocycles. The normalized spacial score (nSPS) is 15.4. The number of piperidine rings is 1. The van der Waals surface area contributed by atoms with Gasteiger partial charge >= 0.3 is 0 Å². The van der Waals surface area contributed by atoms with Gasteiger partial charge in [-0.15, -0.1) is 0 Å². The lowest BCUT2D eigenvalue weighted by molar-refractivity contribution is -0.137. The number of nitrogens with zero attached hydrogens (tertiary/aromatic N) is 1. The van der Waals surface area contributed by atoms with Crippen LogP contribution in [0, 0.1) is 5.92 Å². The van der Waals surface area contributed by atoms with Crippen LogP contribution in [0.2, 0.25) is 0 Å². The third-order valence-corrected chi connectivity index (χ3v) is 4.66. The molecule has 0 aromatic heterocycles. The van der Waals surface area contributed by atoms with E-state index >= 15 is 0 Å². The molecule has 24 heavy (non-hydrogen) atoms. The Morgan fingerprint density at radius 1 is 1.17 bits per heavy atom. The summed E-state index contributed by atoms with van der Waals surface area (Å²) >= 11 is 0. The van der Waals surface area contributed by atoms with Crippen LogP contribution in [-0.2, 0) is 9.59 Å². The zero-order valence-corrected chi connectivity index (χ0v) is 14.7. The summed E-state index contributed by atoms with van der Waals surface area (Å²) < 4.78 is 5.51. The van der Waals surface area contributed by atoms with Crippen LogP contribution in [-0.4, -0.2) is 42.5 Å². The molecule has 2 rings (SSSR count). The largest absolute Gasteiger partial charge is 0.484 e. The van der Waals surface area contributed by atoms with Crippen LogP contribution in [0.3, 0.4) is 0 Å². The molecule has 1 heterocycles. The number of benzene rings is 1. The smallest absolute Gasteiger partial charge is 0.260 e. The molecule has 0 spiro atoms. The molecule has 132 valence electrons. The Kier molecular flexibility index (Phi) is 7.09. The maximum absolute atomic E-state index is 12.3. The van der Waals surface area contributed by atoms with E-state index in [0.717, 1.165) is 25.7 Å². The number of hydrogen-bond donors (Lipinski definition) is 1. The van der Waals surface area contributed by atoms with Gasteiger partial charge in [-0.1, -0.05) is 32.0 Å². The third-order valence-electron chi connectivity index (χ3n) is 4.66. The van der Waals surface area contributed by atoms with Crippen molar-refractivity contribution in [2.24, 2.45) is 5.92 Å². The molecular formula is C19H28N2O3. The van der Waals surface area contributed by atoms with Gasteiger partial charge in [-0.2, -0.15) is 0 Å². The Morgan fingerprint density at radius 2 is 1.79 bits per heavy atom. The Bertz CT molecular complexity index is 521. The molecule has 1 fully saturated rings. The highest BCUT2D eigenvalue weighted by atomic mass is 16.5. The fourth-order valence-corrected chi connectivity index (χ4v) is 2.96. The van der Waals surface area contributed by atoms with Gasteiger partial charge in [0.15, 0.2) is 6.61 Å². The van der Waals surface area contributed by atoms with Gasteiger partial charge in [0.05, 0.1) is 0 Å². The quantitative estimate of drug-likeness (QED) is 0.835. The first-order chi connectivity index (χ1) is 11.6. The second-order valence-electron chi connectivity index (χ2n) is 6.28. The lowest BCUT2D eigenvalue weighted by atomic mass is 9.95. The topological polar surface area (TPSA) is 58.6 Å². The van der Waals surface area contributed by atoms with E-state index in [1.165, 1.54) is 0 Å². The molecule has 5 nitrogen and oxygen atoms in total. The van der Waals surface area contributed by atoms with Crippen molar-refractivity contribution < 1.29 is 14.3 Å². The molecule has 1 aliphatic rings. The molecule has 1 saturated heterocycles. The number of para-hydroxylation sites is 1. The minimum Gasteiger partial charge on any atom is -0.484 e. The minimum atomic E-state index is -0.0160. The molecule has 2 amide bonds. The molecule has 5 heteroatoms. The number of carbonyl (C=O) groups is 2. The second-order valence-corrected chi connectivity index (χ2v) is 6.28. The van der Waals surface area contributed by atoms with Gasteiger partial charge in [0, 0.05) is 25.0 Å². The van der Waals surface area contributed by atoms with Gasteiger partial charge in [-0.25, -0.2) is 0 Å². The number of likely N-dealkylation sites (tertiary alicyclic amines) is 1. The maximum atomic E-state index is 12.3. The van der Waals surface area contributed by atoms with E-state index in [-0.39, 0.29) is 30.4 Å². The van der Waals surface area contributed by atoms with Crippen molar-refractivity contribution in [2.75, 3.05) is 19.7 Å². The summed E-state index contributed by atoms with van der Waals surface area (Å²) in [6, 6.07) is 9.60. The first-order valence-corrected chi connectivity index (χ1v) is 8.90. The monoisotopic (exact) mass is 332 g/mol. The van der Waals surface area contributed by atoms with Crippen LogP contribution in [0.5, 0.6) is 5.75 Å². The zero-order chi connectivity index (χ0) is 17.4. The Morgan fingerprint density at radius 3 is 2.38 bits per heavy atom. The SMILES string of the molecule is CCC(CC)NC(=O)C1CCN(C(=O)COc2ccccc2)CC1. The summed E-state index contributed by atoms with van der Waals surface area (Å²) in [6.45, 7) is 5.47. The molecule has 0 atom stereocenters. The van der Waals surface area contributed by atoms with E-state index in [1.807, 2.05) is 30.3 Å². The summed E-state index contributed by atoms with van der Waals surface area (Å²) in [5.74, 6) is 0.837. The number of amides is 2. The molecule has 1 aliphatic heterocycles. The van der Waals surface area contributed by atoms with E-state index in [9.17, 15) is 9.59 Å². The van der Waals surface area contributed by atoms with Gasteiger partial charge in [0.2, 0.25) is 5.91 Å². The zero-order valence-electron chi connectivity index (χ0n) is 14.7. The predicted molar refractivity (Wildman–Crippen MR) is 93.8 cm³/mol. The number of ether oxygens (including phenoxy) is 1. The first-order valence-electron chi connectivity index (χ1n) is 8.90. The first kappa shape index (κ1) is 18.3. The average Bonchev–Trinajstić information content (AvgIpc) is 2.65. The number of rotatable bonds is 7. The van der Waals surface area contributed by atoms with Crippen molar-refractivity contribution in [2.45, 2.75) is 45.6 Å². The molecule has 0 radical (unpaired) electrons. The van der Waals surface area contributed by atoms with Gasteiger partial charge in [-0.05, 0) is 37.8 Å². The van der Waals surface area contributed by atoms with Crippen LogP contribution < -0.4 is 10.1 Å².